The molecule has 4 N–H and O–H groups in total. The number of nitrogens with zero attached hydrogens (tertiary/aromatic N) is 1. The maximum atomic E-state index is 13.5. The molecule has 4 aromatic rings. The highest BCUT2D eigenvalue weighted by Crippen LogP contribution is 2.42. The summed E-state index contributed by atoms with van der Waals surface area (Å²) in [5.41, 5.74) is 10.9. The fourth-order valence-electron chi connectivity index (χ4n) is 4.99. The van der Waals surface area contributed by atoms with Crippen molar-refractivity contribution in [2.24, 2.45) is 5.73 Å². The number of urea groups is 1. The van der Waals surface area contributed by atoms with Crippen LogP contribution >= 0.6 is 0 Å². The van der Waals surface area contributed by atoms with Crippen LogP contribution in [0, 0.1) is 0 Å². The molecule has 3 aromatic carbocycles. The molecule has 2 aliphatic rings. The van der Waals surface area contributed by atoms with E-state index in [1.165, 1.54) is 10.9 Å². The molecule has 0 spiro atoms. The number of H-pyrrole nitrogens is 1. The third-order valence-corrected chi connectivity index (χ3v) is 6.63. The molecule has 0 bridgehead atoms. The van der Waals surface area contributed by atoms with Gasteiger partial charge in [0, 0.05) is 34.9 Å². The van der Waals surface area contributed by atoms with Crippen LogP contribution in [0.4, 0.5) is 10.5 Å². The largest absolute Gasteiger partial charge is 0.454 e. The number of hydrogen-bond donors (Lipinski definition) is 3. The summed E-state index contributed by atoms with van der Waals surface area (Å²) in [5.74, 6) is 1.29. The summed E-state index contributed by atoms with van der Waals surface area (Å²) in [4.78, 5) is 30.0. The highest BCUT2D eigenvalue weighted by atomic mass is 16.7. The van der Waals surface area contributed by atoms with Gasteiger partial charge in [-0.15, -0.1) is 0 Å². The van der Waals surface area contributed by atoms with Gasteiger partial charge in [0.1, 0.15) is 0 Å². The molecule has 0 aliphatic carbocycles. The Morgan fingerprint density at radius 1 is 1.03 bits per heavy atom. The molecule has 1 aromatic heterocycles. The van der Waals surface area contributed by atoms with E-state index in [1.807, 2.05) is 47.4 Å². The second kappa shape index (κ2) is 8.81. The van der Waals surface area contributed by atoms with Gasteiger partial charge in [-0.05, 0) is 59.5 Å². The Morgan fingerprint density at radius 3 is 2.67 bits per heavy atom. The highest BCUT2D eigenvalue weighted by molar-refractivity contribution is 5.94. The number of fused-ring (bicyclic) bond motifs is 4. The van der Waals surface area contributed by atoms with Crippen LogP contribution in [0.2, 0.25) is 0 Å². The minimum absolute atomic E-state index is 0.0960. The number of nitrogens with one attached hydrogen (secondary N) is 2. The molecule has 1 atom stereocenters. The lowest BCUT2D eigenvalue weighted by Gasteiger charge is -2.35. The summed E-state index contributed by atoms with van der Waals surface area (Å²) in [6.07, 6.45) is 4.12. The predicted octanol–water partition coefficient (Wildman–Crippen LogP) is 4.57. The van der Waals surface area contributed by atoms with E-state index >= 15 is 0 Å². The third-order valence-electron chi connectivity index (χ3n) is 6.63. The molecular formula is C28H24N4O4. The fraction of sp³-hybridized carbons (Fsp3) is 0.143. The Balaban J connectivity index is 1.34. The molecule has 8 heteroatoms. The number of aromatic nitrogens is 1. The quantitative estimate of drug-likeness (QED) is 0.372. The average Bonchev–Trinajstić information content (AvgIpc) is 3.51. The van der Waals surface area contributed by atoms with Crippen LogP contribution in [0.25, 0.3) is 17.0 Å². The van der Waals surface area contributed by atoms with Crippen molar-refractivity contribution in [3.63, 3.8) is 0 Å². The summed E-state index contributed by atoms with van der Waals surface area (Å²) < 4.78 is 11.1. The van der Waals surface area contributed by atoms with Crippen LogP contribution < -0.4 is 20.5 Å². The van der Waals surface area contributed by atoms with Gasteiger partial charge in [0.2, 0.25) is 12.7 Å². The van der Waals surface area contributed by atoms with Crippen molar-refractivity contribution in [2.45, 2.75) is 12.5 Å². The van der Waals surface area contributed by atoms with Gasteiger partial charge in [0.15, 0.2) is 11.5 Å². The van der Waals surface area contributed by atoms with Gasteiger partial charge in [-0.25, -0.2) is 4.79 Å². The van der Waals surface area contributed by atoms with Crippen LogP contribution in [0.1, 0.15) is 28.4 Å². The zero-order valence-corrected chi connectivity index (χ0v) is 19.4. The molecule has 0 radical (unpaired) electrons. The third kappa shape index (κ3) is 3.92. The monoisotopic (exact) mass is 480 g/mol. The molecule has 2 aliphatic heterocycles. The van der Waals surface area contributed by atoms with Crippen molar-refractivity contribution >= 4 is 34.6 Å². The summed E-state index contributed by atoms with van der Waals surface area (Å²) >= 11 is 0. The van der Waals surface area contributed by atoms with Gasteiger partial charge < -0.3 is 30.4 Å². The Hall–Kier alpha value is -4.72. The number of carbonyl (C=O) groups excluding carboxylic acids is 2. The number of benzene rings is 3. The zero-order valence-electron chi connectivity index (χ0n) is 19.4. The average molecular weight is 481 g/mol. The molecule has 0 fully saturated rings. The molecule has 3 heterocycles. The van der Waals surface area contributed by atoms with Crippen LogP contribution in [-0.2, 0) is 11.2 Å². The Bertz CT molecular complexity index is 1510. The van der Waals surface area contributed by atoms with Gasteiger partial charge in [-0.1, -0.05) is 36.4 Å². The lowest BCUT2D eigenvalue weighted by Crippen LogP contribution is -2.39. The van der Waals surface area contributed by atoms with Crippen molar-refractivity contribution in [2.75, 3.05) is 18.7 Å². The number of para-hydroxylation sites is 1. The van der Waals surface area contributed by atoms with Crippen LogP contribution in [0.3, 0.4) is 0 Å². The smallest absolute Gasteiger partial charge is 0.316 e. The van der Waals surface area contributed by atoms with E-state index in [0.717, 1.165) is 28.8 Å². The molecule has 36 heavy (non-hydrogen) atoms. The SMILES string of the molecule is NC(=O)Nc1ccc(/C=C/C(=O)N2CCc3c([nH]c4ccccc34)C2c2ccc3c(c2)OCO3)cc1. The Labute approximate surface area is 207 Å². The summed E-state index contributed by atoms with van der Waals surface area (Å²) in [7, 11) is 0. The number of hydrogen-bond acceptors (Lipinski definition) is 4. The van der Waals surface area contributed by atoms with Crippen molar-refractivity contribution in [1.82, 2.24) is 9.88 Å². The number of primary amides is 1. The Morgan fingerprint density at radius 2 is 1.83 bits per heavy atom. The summed E-state index contributed by atoms with van der Waals surface area (Å²) in [5, 5.41) is 3.71. The van der Waals surface area contributed by atoms with Crippen molar-refractivity contribution < 1.29 is 19.1 Å². The highest BCUT2D eigenvalue weighted by Gasteiger charge is 2.34. The maximum absolute atomic E-state index is 13.5. The number of anilines is 1. The van der Waals surface area contributed by atoms with Gasteiger partial charge in [0.25, 0.3) is 0 Å². The van der Waals surface area contributed by atoms with E-state index in [9.17, 15) is 9.59 Å². The zero-order chi connectivity index (χ0) is 24.6. The van der Waals surface area contributed by atoms with Crippen LogP contribution in [0.15, 0.2) is 72.8 Å². The molecule has 1 unspecified atom stereocenters. The summed E-state index contributed by atoms with van der Waals surface area (Å²) in [6.45, 7) is 0.777. The molecule has 6 rings (SSSR count). The van der Waals surface area contributed by atoms with Gasteiger partial charge in [0.05, 0.1) is 6.04 Å². The molecule has 180 valence electrons. The second-order valence-electron chi connectivity index (χ2n) is 8.80. The first-order valence-corrected chi connectivity index (χ1v) is 11.7. The predicted molar refractivity (Wildman–Crippen MR) is 137 cm³/mol. The molecule has 0 saturated heterocycles. The van der Waals surface area contributed by atoms with Crippen molar-refractivity contribution in [3.8, 4) is 11.5 Å². The number of carbonyl (C=O) groups is 2. The van der Waals surface area contributed by atoms with Gasteiger partial charge >= 0.3 is 6.03 Å². The molecule has 3 amide bonds. The fourth-order valence-corrected chi connectivity index (χ4v) is 4.99. The van der Waals surface area contributed by atoms with Gasteiger partial charge in [-0.2, -0.15) is 0 Å². The number of nitrogens with two attached hydrogens (primary N) is 1. The van der Waals surface area contributed by atoms with Crippen LogP contribution in [-0.4, -0.2) is 35.2 Å². The van der Waals surface area contributed by atoms with E-state index in [0.29, 0.717) is 23.7 Å². The minimum atomic E-state index is -0.621. The van der Waals surface area contributed by atoms with Gasteiger partial charge in [-0.3, -0.25) is 4.79 Å². The number of aromatic amines is 1. The minimum Gasteiger partial charge on any atom is -0.454 e. The topological polar surface area (TPSA) is 110 Å². The summed E-state index contributed by atoms with van der Waals surface area (Å²) in [6, 6.07) is 20.3. The van der Waals surface area contributed by atoms with Crippen LogP contribution in [0.5, 0.6) is 11.5 Å². The van der Waals surface area contributed by atoms with E-state index in [4.69, 9.17) is 15.2 Å². The maximum Gasteiger partial charge on any atom is 0.316 e. The molecule has 8 nitrogen and oxygen atoms in total. The second-order valence-corrected chi connectivity index (χ2v) is 8.80. The van der Waals surface area contributed by atoms with E-state index < -0.39 is 6.03 Å². The number of rotatable bonds is 4. The lowest BCUT2D eigenvalue weighted by molar-refractivity contribution is -0.128. The van der Waals surface area contributed by atoms with E-state index in [-0.39, 0.29) is 18.7 Å². The number of ether oxygens (including phenoxy) is 2. The lowest BCUT2D eigenvalue weighted by atomic mass is 9.92. The first-order valence-electron chi connectivity index (χ1n) is 11.7. The van der Waals surface area contributed by atoms with E-state index in [1.54, 1.807) is 24.3 Å². The first-order chi connectivity index (χ1) is 17.6. The van der Waals surface area contributed by atoms with Crippen molar-refractivity contribution in [3.05, 3.63) is 95.2 Å². The molecular weight excluding hydrogens is 456 g/mol. The normalized spacial score (nSPS) is 16.3. The molecule has 0 saturated carbocycles. The van der Waals surface area contributed by atoms with Crippen molar-refractivity contribution in [1.29, 1.82) is 0 Å². The van der Waals surface area contributed by atoms with E-state index in [2.05, 4.69) is 22.4 Å². The number of amides is 3. The first kappa shape index (κ1) is 21.8. The Kier molecular flexibility index (Phi) is 5.33. The standard InChI is InChI=1S/C28H24N4O4/c29-28(34)30-19-9-5-17(6-10-19)7-12-25(33)32-14-13-21-20-3-1-2-4-22(20)31-26(21)27(32)18-8-11-23-24(15-18)36-16-35-23/h1-12,15,27,31H,13-14,16H2,(H3,29,30,34)/b12-7+.